The molecular formula is C18H24FNO. The second kappa shape index (κ2) is 6.27. The van der Waals surface area contributed by atoms with E-state index in [9.17, 15) is 9.18 Å². The summed E-state index contributed by atoms with van der Waals surface area (Å²) in [4.78, 5) is 14.5. The highest BCUT2D eigenvalue weighted by molar-refractivity contribution is 5.97. The third-order valence-electron chi connectivity index (χ3n) is 5.36. The normalized spacial score (nSPS) is 22.3. The lowest BCUT2D eigenvalue weighted by molar-refractivity contribution is 0.0611. The van der Waals surface area contributed by atoms with Crippen molar-refractivity contribution in [1.82, 2.24) is 4.90 Å². The van der Waals surface area contributed by atoms with Crippen LogP contribution in [0.3, 0.4) is 0 Å². The summed E-state index contributed by atoms with van der Waals surface area (Å²) < 4.78 is 12.9. The number of carbonyl (C=O) groups is 1. The molecular weight excluding hydrogens is 265 g/mol. The lowest BCUT2D eigenvalue weighted by Crippen LogP contribution is -2.43. The number of benzene rings is 1. The first-order chi connectivity index (χ1) is 10.2. The Morgan fingerprint density at radius 1 is 1.00 bits per heavy atom. The number of rotatable bonds is 3. The van der Waals surface area contributed by atoms with Crippen molar-refractivity contribution in [2.45, 2.75) is 44.9 Å². The molecule has 1 aromatic carbocycles. The van der Waals surface area contributed by atoms with Gasteiger partial charge in [-0.15, -0.1) is 0 Å². The van der Waals surface area contributed by atoms with E-state index in [1.54, 1.807) is 12.1 Å². The van der Waals surface area contributed by atoms with E-state index in [4.69, 9.17) is 0 Å². The standard InChI is InChI=1S/C18H24FNO/c19-16-6-4-15(5-7-16)17(21)14-20-12-10-18(11-13-20)8-2-1-3-9-18/h4-7H,1-3,8-14H2. The summed E-state index contributed by atoms with van der Waals surface area (Å²) in [5, 5.41) is 0. The highest BCUT2D eigenvalue weighted by Gasteiger charge is 2.35. The van der Waals surface area contributed by atoms with Crippen molar-refractivity contribution in [3.63, 3.8) is 0 Å². The molecule has 1 heterocycles. The van der Waals surface area contributed by atoms with Gasteiger partial charge in [-0.3, -0.25) is 9.69 Å². The van der Waals surface area contributed by atoms with Crippen LogP contribution in [0, 0.1) is 11.2 Å². The molecule has 1 saturated carbocycles. The predicted molar refractivity (Wildman–Crippen MR) is 81.9 cm³/mol. The average molecular weight is 289 g/mol. The molecule has 1 saturated heterocycles. The third-order valence-corrected chi connectivity index (χ3v) is 5.36. The van der Waals surface area contributed by atoms with Crippen molar-refractivity contribution in [2.75, 3.05) is 19.6 Å². The van der Waals surface area contributed by atoms with Gasteiger partial charge in [0, 0.05) is 5.56 Å². The van der Waals surface area contributed by atoms with Crippen molar-refractivity contribution in [3.8, 4) is 0 Å². The fraction of sp³-hybridized carbons (Fsp3) is 0.611. The van der Waals surface area contributed by atoms with E-state index in [-0.39, 0.29) is 11.6 Å². The molecule has 0 atom stereocenters. The summed E-state index contributed by atoms with van der Waals surface area (Å²) in [6, 6.07) is 5.90. The summed E-state index contributed by atoms with van der Waals surface area (Å²) in [7, 11) is 0. The van der Waals surface area contributed by atoms with Crippen LogP contribution < -0.4 is 0 Å². The number of ketones is 1. The molecule has 0 radical (unpaired) electrons. The van der Waals surface area contributed by atoms with Crippen molar-refractivity contribution >= 4 is 5.78 Å². The molecule has 3 rings (SSSR count). The summed E-state index contributed by atoms with van der Waals surface area (Å²) in [6.07, 6.45) is 9.41. The van der Waals surface area contributed by atoms with Crippen LogP contribution in [-0.4, -0.2) is 30.3 Å². The molecule has 2 aliphatic rings. The monoisotopic (exact) mass is 289 g/mol. The third kappa shape index (κ3) is 3.52. The first-order valence-corrected chi connectivity index (χ1v) is 8.18. The molecule has 1 spiro atoms. The zero-order valence-electron chi connectivity index (χ0n) is 12.6. The van der Waals surface area contributed by atoms with Gasteiger partial charge in [-0.25, -0.2) is 4.39 Å². The highest BCUT2D eigenvalue weighted by Crippen LogP contribution is 2.44. The largest absolute Gasteiger partial charge is 0.296 e. The quantitative estimate of drug-likeness (QED) is 0.782. The lowest BCUT2D eigenvalue weighted by Gasteiger charge is -2.44. The van der Waals surface area contributed by atoms with Crippen molar-refractivity contribution in [2.24, 2.45) is 5.41 Å². The van der Waals surface area contributed by atoms with Crippen LogP contribution in [-0.2, 0) is 0 Å². The Morgan fingerprint density at radius 3 is 2.24 bits per heavy atom. The van der Waals surface area contributed by atoms with E-state index in [2.05, 4.69) is 4.90 Å². The molecule has 0 amide bonds. The van der Waals surface area contributed by atoms with Gasteiger partial charge in [0.05, 0.1) is 6.54 Å². The van der Waals surface area contributed by atoms with Crippen LogP contribution >= 0.6 is 0 Å². The van der Waals surface area contributed by atoms with Gasteiger partial charge < -0.3 is 0 Å². The van der Waals surface area contributed by atoms with Gasteiger partial charge in [-0.2, -0.15) is 0 Å². The Hall–Kier alpha value is -1.22. The van der Waals surface area contributed by atoms with Gasteiger partial charge in [0.1, 0.15) is 5.82 Å². The molecule has 0 bridgehead atoms. The van der Waals surface area contributed by atoms with Crippen LogP contribution in [0.5, 0.6) is 0 Å². The van der Waals surface area contributed by atoms with Crippen molar-refractivity contribution < 1.29 is 9.18 Å². The number of halogens is 1. The molecule has 21 heavy (non-hydrogen) atoms. The van der Waals surface area contributed by atoms with Crippen LogP contribution in [0.1, 0.15) is 55.3 Å². The Labute approximate surface area is 126 Å². The second-order valence-electron chi connectivity index (χ2n) is 6.77. The lowest BCUT2D eigenvalue weighted by atomic mass is 9.68. The Kier molecular flexibility index (Phi) is 4.39. The maximum Gasteiger partial charge on any atom is 0.176 e. The molecule has 3 heteroatoms. The Balaban J connectivity index is 1.53. The zero-order valence-corrected chi connectivity index (χ0v) is 12.6. The number of nitrogens with zero attached hydrogens (tertiary/aromatic N) is 1. The Bertz CT molecular complexity index is 480. The van der Waals surface area contributed by atoms with Crippen LogP contribution in [0.2, 0.25) is 0 Å². The molecule has 1 aliphatic carbocycles. The van der Waals surface area contributed by atoms with E-state index >= 15 is 0 Å². The molecule has 2 nitrogen and oxygen atoms in total. The van der Waals surface area contributed by atoms with E-state index in [0.717, 1.165) is 13.1 Å². The summed E-state index contributed by atoms with van der Waals surface area (Å²) >= 11 is 0. The highest BCUT2D eigenvalue weighted by atomic mass is 19.1. The van der Waals surface area contributed by atoms with Gasteiger partial charge in [0.15, 0.2) is 5.78 Å². The number of hydrogen-bond acceptors (Lipinski definition) is 2. The number of hydrogen-bond donors (Lipinski definition) is 0. The summed E-state index contributed by atoms with van der Waals surface area (Å²) in [5.74, 6) is -0.182. The first kappa shape index (κ1) is 14.7. The molecule has 0 unspecified atom stereocenters. The van der Waals surface area contributed by atoms with E-state index < -0.39 is 0 Å². The number of carbonyl (C=O) groups excluding carboxylic acids is 1. The van der Waals surface area contributed by atoms with Crippen molar-refractivity contribution in [1.29, 1.82) is 0 Å². The molecule has 114 valence electrons. The summed E-state index contributed by atoms with van der Waals surface area (Å²) in [6.45, 7) is 2.54. The fourth-order valence-electron chi connectivity index (χ4n) is 3.92. The first-order valence-electron chi connectivity index (χ1n) is 8.18. The van der Waals surface area contributed by atoms with Gasteiger partial charge >= 0.3 is 0 Å². The van der Waals surface area contributed by atoms with Gasteiger partial charge in [-0.05, 0) is 68.5 Å². The SMILES string of the molecule is O=C(CN1CCC2(CCCCC2)CC1)c1ccc(F)cc1. The van der Waals surface area contributed by atoms with Crippen LogP contribution in [0.4, 0.5) is 4.39 Å². The van der Waals surface area contributed by atoms with Crippen LogP contribution in [0.15, 0.2) is 24.3 Å². The number of likely N-dealkylation sites (tertiary alicyclic amines) is 1. The van der Waals surface area contributed by atoms with Gasteiger partial charge in [0.2, 0.25) is 0 Å². The number of piperidine rings is 1. The van der Waals surface area contributed by atoms with E-state index in [0.29, 0.717) is 17.5 Å². The smallest absolute Gasteiger partial charge is 0.176 e. The minimum Gasteiger partial charge on any atom is -0.296 e. The van der Waals surface area contributed by atoms with Gasteiger partial charge in [0.25, 0.3) is 0 Å². The van der Waals surface area contributed by atoms with Crippen LogP contribution in [0.25, 0.3) is 0 Å². The average Bonchev–Trinajstić information content (AvgIpc) is 2.51. The number of Topliss-reactive ketones (excluding diaryl/α,β-unsaturated/α-hetero) is 1. The molecule has 1 aromatic rings. The van der Waals surface area contributed by atoms with Crippen molar-refractivity contribution in [3.05, 3.63) is 35.6 Å². The second-order valence-corrected chi connectivity index (χ2v) is 6.77. The maximum atomic E-state index is 12.9. The minimum atomic E-state index is -0.288. The molecule has 2 fully saturated rings. The zero-order chi connectivity index (χ0) is 14.7. The molecule has 1 aliphatic heterocycles. The summed E-state index contributed by atoms with van der Waals surface area (Å²) in [5.41, 5.74) is 1.20. The topological polar surface area (TPSA) is 20.3 Å². The maximum absolute atomic E-state index is 12.9. The minimum absolute atomic E-state index is 0.106. The van der Waals surface area contributed by atoms with E-state index in [1.807, 2.05) is 0 Å². The van der Waals surface area contributed by atoms with E-state index in [1.165, 1.54) is 57.1 Å². The van der Waals surface area contributed by atoms with Gasteiger partial charge in [-0.1, -0.05) is 19.3 Å². The fourth-order valence-corrected chi connectivity index (χ4v) is 3.92. The molecule has 0 aromatic heterocycles. The Morgan fingerprint density at radius 2 is 1.62 bits per heavy atom. The predicted octanol–water partition coefficient (Wildman–Crippen LogP) is 4.05. The molecule has 0 N–H and O–H groups in total.